The van der Waals surface area contributed by atoms with E-state index in [1.807, 2.05) is 0 Å². The second-order valence-electron chi connectivity index (χ2n) is 8.73. The van der Waals surface area contributed by atoms with Gasteiger partial charge in [0.05, 0.1) is 11.7 Å². The Morgan fingerprint density at radius 2 is 1.88 bits per heavy atom. The zero-order valence-corrected chi connectivity index (χ0v) is 16.3. The molecule has 0 radical (unpaired) electrons. The van der Waals surface area contributed by atoms with E-state index in [-0.39, 0.29) is 18.8 Å². The van der Waals surface area contributed by atoms with Crippen LogP contribution in [0.15, 0.2) is 24.3 Å². The van der Waals surface area contributed by atoms with Crippen LogP contribution in [0.1, 0.15) is 66.4 Å². The highest BCUT2D eigenvalue weighted by Crippen LogP contribution is 2.58. The summed E-state index contributed by atoms with van der Waals surface area (Å²) < 4.78 is 13.0. The summed E-state index contributed by atoms with van der Waals surface area (Å²) in [5, 5.41) is 0. The molecule has 132 valence electrons. The molecular formula is C21H33BO2. The van der Waals surface area contributed by atoms with Crippen LogP contribution >= 0.6 is 0 Å². The van der Waals surface area contributed by atoms with E-state index in [4.69, 9.17) is 9.31 Å². The summed E-state index contributed by atoms with van der Waals surface area (Å²) in [6.07, 6.45) is 4.89. The van der Waals surface area contributed by atoms with Crippen LogP contribution in [0.25, 0.3) is 0 Å². The second kappa shape index (κ2) is 6.50. The minimum absolute atomic E-state index is 0.124. The van der Waals surface area contributed by atoms with Crippen LogP contribution in [0.3, 0.4) is 0 Å². The van der Waals surface area contributed by atoms with Gasteiger partial charge in [0.25, 0.3) is 0 Å². The Morgan fingerprint density at radius 3 is 2.50 bits per heavy atom. The lowest BCUT2D eigenvalue weighted by molar-refractivity contribution is -0.137. The monoisotopic (exact) mass is 328 g/mol. The standard InChI is InChI=1S/C21H33BO2/c1-7-8-11-17-12-9-10-13-18(17)22-23-16(3)21(6,24-22)19-14-15(2)20(19,4)5/h9-10,12-13,15-16,19H,7-8,11,14H2,1-6H3. The number of aryl methyl sites for hydroxylation is 1. The summed E-state index contributed by atoms with van der Waals surface area (Å²) in [4.78, 5) is 0. The van der Waals surface area contributed by atoms with Gasteiger partial charge in [-0.3, -0.25) is 0 Å². The first-order valence-electron chi connectivity index (χ1n) is 9.71. The molecule has 1 aromatic rings. The Balaban J connectivity index is 1.82. The molecule has 0 aromatic heterocycles. The first kappa shape index (κ1) is 18.0. The van der Waals surface area contributed by atoms with Crippen LogP contribution in [0, 0.1) is 17.3 Å². The quantitative estimate of drug-likeness (QED) is 0.736. The van der Waals surface area contributed by atoms with E-state index < -0.39 is 0 Å². The van der Waals surface area contributed by atoms with E-state index in [2.05, 4.69) is 65.8 Å². The molecule has 0 spiro atoms. The van der Waals surface area contributed by atoms with Gasteiger partial charge >= 0.3 is 7.12 Å². The van der Waals surface area contributed by atoms with Crippen LogP contribution in [-0.2, 0) is 15.7 Å². The molecule has 1 saturated heterocycles. The molecule has 1 heterocycles. The molecule has 2 fully saturated rings. The fourth-order valence-corrected chi connectivity index (χ4v) is 4.65. The van der Waals surface area contributed by atoms with E-state index in [1.165, 1.54) is 30.3 Å². The predicted octanol–water partition coefficient (Wildman–Crippen LogP) is 4.60. The normalized spacial score (nSPS) is 35.1. The van der Waals surface area contributed by atoms with Gasteiger partial charge in [-0.25, -0.2) is 0 Å². The van der Waals surface area contributed by atoms with Crippen molar-refractivity contribution in [3.63, 3.8) is 0 Å². The third kappa shape index (κ3) is 2.84. The highest BCUT2D eigenvalue weighted by molar-refractivity contribution is 6.62. The fraction of sp³-hybridized carbons (Fsp3) is 0.714. The van der Waals surface area contributed by atoms with Crippen LogP contribution < -0.4 is 5.46 Å². The number of unbranched alkanes of at least 4 members (excludes halogenated alkanes) is 1. The van der Waals surface area contributed by atoms with Crippen molar-refractivity contribution in [3.05, 3.63) is 29.8 Å². The minimum Gasteiger partial charge on any atom is -0.402 e. The van der Waals surface area contributed by atoms with Crippen molar-refractivity contribution in [1.82, 2.24) is 0 Å². The molecule has 24 heavy (non-hydrogen) atoms. The Hall–Kier alpha value is -0.795. The van der Waals surface area contributed by atoms with Crippen molar-refractivity contribution in [2.24, 2.45) is 17.3 Å². The highest BCUT2D eigenvalue weighted by atomic mass is 16.7. The van der Waals surface area contributed by atoms with Crippen molar-refractivity contribution >= 4 is 12.6 Å². The molecule has 1 aliphatic carbocycles. The van der Waals surface area contributed by atoms with Crippen LogP contribution in [-0.4, -0.2) is 18.8 Å². The SMILES string of the molecule is CCCCc1ccccc1B1OC(C)C(C)(C2CC(C)C2(C)C)O1. The van der Waals surface area contributed by atoms with Gasteiger partial charge in [0.1, 0.15) is 0 Å². The first-order chi connectivity index (χ1) is 11.3. The number of hydrogen-bond acceptors (Lipinski definition) is 2. The Kier molecular flexibility index (Phi) is 4.87. The van der Waals surface area contributed by atoms with Gasteiger partial charge in [-0.05, 0) is 61.4 Å². The third-order valence-electron chi connectivity index (χ3n) is 7.05. The molecule has 4 unspecified atom stereocenters. The van der Waals surface area contributed by atoms with E-state index >= 15 is 0 Å². The molecule has 3 rings (SSSR count). The molecule has 3 heteroatoms. The molecule has 0 bridgehead atoms. The van der Waals surface area contributed by atoms with Gasteiger partial charge in [0, 0.05) is 0 Å². The molecule has 2 nitrogen and oxygen atoms in total. The topological polar surface area (TPSA) is 18.5 Å². The maximum atomic E-state index is 6.63. The van der Waals surface area contributed by atoms with E-state index in [9.17, 15) is 0 Å². The summed E-state index contributed by atoms with van der Waals surface area (Å²) >= 11 is 0. The van der Waals surface area contributed by atoms with Crippen LogP contribution in [0.4, 0.5) is 0 Å². The van der Waals surface area contributed by atoms with Crippen molar-refractivity contribution < 1.29 is 9.31 Å². The third-order valence-corrected chi connectivity index (χ3v) is 7.05. The number of hydrogen-bond donors (Lipinski definition) is 0. The average Bonchev–Trinajstić information content (AvgIpc) is 2.86. The van der Waals surface area contributed by atoms with E-state index in [0.717, 1.165) is 12.3 Å². The lowest BCUT2D eigenvalue weighted by Gasteiger charge is -2.58. The molecular weight excluding hydrogens is 295 g/mol. The summed E-state index contributed by atoms with van der Waals surface area (Å²) in [6, 6.07) is 8.64. The summed E-state index contributed by atoms with van der Waals surface area (Å²) in [5.41, 5.74) is 2.73. The molecule has 0 amide bonds. The zero-order chi connectivity index (χ0) is 17.5. The molecule has 1 aliphatic heterocycles. The highest BCUT2D eigenvalue weighted by Gasteiger charge is 2.61. The maximum Gasteiger partial charge on any atom is 0.494 e. The molecule has 2 aliphatic rings. The molecule has 0 N–H and O–H groups in total. The second-order valence-corrected chi connectivity index (χ2v) is 8.73. The van der Waals surface area contributed by atoms with Gasteiger partial charge in [-0.2, -0.15) is 0 Å². The number of benzene rings is 1. The Morgan fingerprint density at radius 1 is 1.17 bits per heavy atom. The summed E-state index contributed by atoms with van der Waals surface area (Å²) in [7, 11) is -0.218. The van der Waals surface area contributed by atoms with Gasteiger partial charge in [0.2, 0.25) is 0 Å². The fourth-order valence-electron chi connectivity index (χ4n) is 4.65. The Labute approximate surface area is 148 Å². The van der Waals surface area contributed by atoms with Gasteiger partial charge in [-0.15, -0.1) is 0 Å². The predicted molar refractivity (Wildman–Crippen MR) is 102 cm³/mol. The molecule has 1 saturated carbocycles. The van der Waals surface area contributed by atoms with Gasteiger partial charge < -0.3 is 9.31 Å². The number of rotatable bonds is 5. The van der Waals surface area contributed by atoms with Crippen LogP contribution in [0.2, 0.25) is 0 Å². The Bertz CT molecular complexity index is 585. The lowest BCUT2D eigenvalue weighted by atomic mass is 9.50. The zero-order valence-electron chi connectivity index (χ0n) is 16.3. The minimum atomic E-state index is -0.218. The average molecular weight is 328 g/mol. The molecule has 1 aromatic carbocycles. The maximum absolute atomic E-state index is 6.63. The van der Waals surface area contributed by atoms with Crippen molar-refractivity contribution in [3.8, 4) is 0 Å². The summed E-state index contributed by atoms with van der Waals surface area (Å²) in [6.45, 7) is 13.8. The van der Waals surface area contributed by atoms with E-state index in [0.29, 0.717) is 11.3 Å². The smallest absolute Gasteiger partial charge is 0.402 e. The molecule has 4 atom stereocenters. The van der Waals surface area contributed by atoms with Gasteiger partial charge in [-0.1, -0.05) is 58.4 Å². The first-order valence-corrected chi connectivity index (χ1v) is 9.71. The van der Waals surface area contributed by atoms with Crippen molar-refractivity contribution in [2.45, 2.75) is 78.9 Å². The van der Waals surface area contributed by atoms with Crippen LogP contribution in [0.5, 0.6) is 0 Å². The van der Waals surface area contributed by atoms with E-state index in [1.54, 1.807) is 0 Å². The van der Waals surface area contributed by atoms with Crippen molar-refractivity contribution in [2.75, 3.05) is 0 Å². The largest absolute Gasteiger partial charge is 0.494 e. The summed E-state index contributed by atoms with van der Waals surface area (Å²) in [5.74, 6) is 1.31. The lowest BCUT2D eigenvalue weighted by Crippen LogP contribution is -2.58. The van der Waals surface area contributed by atoms with Gasteiger partial charge in [0.15, 0.2) is 0 Å². The van der Waals surface area contributed by atoms with Crippen molar-refractivity contribution in [1.29, 1.82) is 0 Å².